The molecule has 0 aliphatic rings. The van der Waals surface area contributed by atoms with E-state index in [0.29, 0.717) is 41.9 Å². The van der Waals surface area contributed by atoms with Crippen LogP contribution in [0.5, 0.6) is 11.5 Å². The lowest BCUT2D eigenvalue weighted by atomic mass is 10.2. The molecule has 2 aromatic rings. The first kappa shape index (κ1) is 19.7. The summed E-state index contributed by atoms with van der Waals surface area (Å²) in [7, 11) is 0. The zero-order chi connectivity index (χ0) is 18.9. The summed E-state index contributed by atoms with van der Waals surface area (Å²) in [4.78, 5) is 12.4. The van der Waals surface area contributed by atoms with Crippen LogP contribution in [0.4, 0.5) is 5.69 Å². The van der Waals surface area contributed by atoms with E-state index in [4.69, 9.17) is 21.7 Å². The summed E-state index contributed by atoms with van der Waals surface area (Å²) in [6.45, 7) is 7.19. The number of anilines is 1. The van der Waals surface area contributed by atoms with Gasteiger partial charge in [-0.15, -0.1) is 0 Å². The molecule has 0 atom stereocenters. The Morgan fingerprint density at radius 3 is 2.62 bits per heavy atom. The van der Waals surface area contributed by atoms with Gasteiger partial charge in [-0.25, -0.2) is 0 Å². The standard InChI is InChI=1S/C20H24N2O3S/c1-4-24-18-11-6-5-10-17(18)21-20(26)22-19(23)15-8-7-9-16(12-15)25-13-14(2)3/h5-12,14H,4,13H2,1-3H3,(H2,21,22,23,26). The first-order chi connectivity index (χ1) is 12.5. The fourth-order valence-corrected chi connectivity index (χ4v) is 2.37. The molecule has 2 aromatic carbocycles. The summed E-state index contributed by atoms with van der Waals surface area (Å²) in [5, 5.41) is 5.87. The molecule has 138 valence electrons. The Morgan fingerprint density at radius 2 is 1.88 bits per heavy atom. The van der Waals surface area contributed by atoms with Crippen LogP contribution in [0.15, 0.2) is 48.5 Å². The molecule has 0 aliphatic carbocycles. The summed E-state index contributed by atoms with van der Waals surface area (Å²) in [6, 6.07) is 14.4. The number of nitrogens with one attached hydrogen (secondary N) is 2. The lowest BCUT2D eigenvalue weighted by Crippen LogP contribution is -2.34. The van der Waals surface area contributed by atoms with Crippen LogP contribution >= 0.6 is 12.2 Å². The number of hydrogen-bond donors (Lipinski definition) is 2. The minimum Gasteiger partial charge on any atom is -0.493 e. The number of benzene rings is 2. The number of hydrogen-bond acceptors (Lipinski definition) is 4. The zero-order valence-corrected chi connectivity index (χ0v) is 16.1. The van der Waals surface area contributed by atoms with Crippen molar-refractivity contribution in [2.45, 2.75) is 20.8 Å². The van der Waals surface area contributed by atoms with Gasteiger partial charge >= 0.3 is 0 Å². The Morgan fingerprint density at radius 1 is 1.12 bits per heavy atom. The largest absolute Gasteiger partial charge is 0.493 e. The molecular formula is C20H24N2O3S. The number of carbonyl (C=O) groups excluding carboxylic acids is 1. The maximum absolute atomic E-state index is 12.4. The smallest absolute Gasteiger partial charge is 0.257 e. The van der Waals surface area contributed by atoms with Crippen molar-refractivity contribution in [3.8, 4) is 11.5 Å². The molecule has 5 nitrogen and oxygen atoms in total. The average Bonchev–Trinajstić information content (AvgIpc) is 2.62. The second-order valence-electron chi connectivity index (χ2n) is 6.07. The molecular weight excluding hydrogens is 348 g/mol. The van der Waals surface area contributed by atoms with Crippen LogP contribution in [0.1, 0.15) is 31.1 Å². The lowest BCUT2D eigenvalue weighted by molar-refractivity contribution is 0.0977. The number of rotatable bonds is 7. The third kappa shape index (κ3) is 6.04. The molecule has 1 amide bonds. The Hall–Kier alpha value is -2.60. The minimum absolute atomic E-state index is 0.204. The van der Waals surface area contributed by atoms with Gasteiger partial charge in [-0.2, -0.15) is 0 Å². The normalized spacial score (nSPS) is 10.3. The van der Waals surface area contributed by atoms with Crippen molar-refractivity contribution >= 4 is 28.9 Å². The molecule has 0 aliphatic heterocycles. The van der Waals surface area contributed by atoms with Crippen LogP contribution in [0.2, 0.25) is 0 Å². The molecule has 2 rings (SSSR count). The van der Waals surface area contributed by atoms with Crippen LogP contribution in [-0.4, -0.2) is 24.2 Å². The second kappa shape index (κ2) is 9.77. The van der Waals surface area contributed by atoms with Gasteiger partial charge in [-0.05, 0) is 55.4 Å². The van der Waals surface area contributed by atoms with Gasteiger partial charge in [0.25, 0.3) is 5.91 Å². The van der Waals surface area contributed by atoms with Gasteiger partial charge in [0, 0.05) is 5.56 Å². The number of ether oxygens (including phenoxy) is 2. The van der Waals surface area contributed by atoms with Gasteiger partial charge in [0.05, 0.1) is 18.9 Å². The van der Waals surface area contributed by atoms with E-state index in [1.807, 2.05) is 37.3 Å². The SMILES string of the molecule is CCOc1ccccc1NC(=S)NC(=O)c1cccc(OCC(C)C)c1. The highest BCUT2D eigenvalue weighted by Gasteiger charge is 2.11. The summed E-state index contributed by atoms with van der Waals surface area (Å²) in [5.41, 5.74) is 1.18. The first-order valence-electron chi connectivity index (χ1n) is 8.56. The molecule has 6 heteroatoms. The van der Waals surface area contributed by atoms with E-state index in [9.17, 15) is 4.79 Å². The fraction of sp³-hybridized carbons (Fsp3) is 0.300. The van der Waals surface area contributed by atoms with E-state index >= 15 is 0 Å². The van der Waals surface area contributed by atoms with Gasteiger partial charge in [-0.3, -0.25) is 10.1 Å². The molecule has 0 bridgehead atoms. The molecule has 0 saturated heterocycles. The van der Waals surface area contributed by atoms with E-state index < -0.39 is 0 Å². The van der Waals surface area contributed by atoms with Crippen molar-refractivity contribution in [2.75, 3.05) is 18.5 Å². The number of amides is 1. The molecule has 2 N–H and O–H groups in total. The van der Waals surface area contributed by atoms with Crippen molar-refractivity contribution in [3.63, 3.8) is 0 Å². The molecule has 0 aromatic heterocycles. The van der Waals surface area contributed by atoms with Crippen LogP contribution in [0.25, 0.3) is 0 Å². The quantitative estimate of drug-likeness (QED) is 0.712. The summed E-state index contributed by atoms with van der Waals surface area (Å²) >= 11 is 5.24. The maximum Gasteiger partial charge on any atom is 0.257 e. The summed E-state index contributed by atoms with van der Waals surface area (Å²) < 4.78 is 11.2. The Bertz CT molecular complexity index is 762. The van der Waals surface area contributed by atoms with Crippen LogP contribution in [0, 0.1) is 5.92 Å². The number of carbonyl (C=O) groups is 1. The van der Waals surface area contributed by atoms with E-state index in [-0.39, 0.29) is 11.0 Å². The predicted molar refractivity (Wildman–Crippen MR) is 108 cm³/mol. The number of thiocarbonyl (C=S) groups is 1. The Kier molecular flexibility index (Phi) is 7.41. The number of para-hydroxylation sites is 2. The second-order valence-corrected chi connectivity index (χ2v) is 6.48. The lowest BCUT2D eigenvalue weighted by Gasteiger charge is -2.14. The van der Waals surface area contributed by atoms with E-state index in [0.717, 1.165) is 0 Å². The third-order valence-corrected chi connectivity index (χ3v) is 3.55. The molecule has 0 saturated carbocycles. The van der Waals surface area contributed by atoms with Crippen LogP contribution < -0.4 is 20.1 Å². The van der Waals surface area contributed by atoms with Gasteiger partial charge in [0.15, 0.2) is 5.11 Å². The van der Waals surface area contributed by atoms with Gasteiger partial charge in [0.1, 0.15) is 11.5 Å². The molecule has 0 unspecified atom stereocenters. The highest BCUT2D eigenvalue weighted by atomic mass is 32.1. The molecule has 0 heterocycles. The van der Waals surface area contributed by atoms with Crippen molar-refractivity contribution in [2.24, 2.45) is 5.92 Å². The van der Waals surface area contributed by atoms with Crippen LogP contribution in [-0.2, 0) is 0 Å². The van der Waals surface area contributed by atoms with E-state index in [1.165, 1.54) is 0 Å². The summed E-state index contributed by atoms with van der Waals surface area (Å²) in [5.74, 6) is 1.45. The van der Waals surface area contributed by atoms with Crippen LogP contribution in [0.3, 0.4) is 0 Å². The van der Waals surface area contributed by atoms with E-state index in [1.54, 1.807) is 18.2 Å². The van der Waals surface area contributed by atoms with Gasteiger partial charge < -0.3 is 14.8 Å². The molecule has 0 fully saturated rings. The minimum atomic E-state index is -0.300. The fourth-order valence-electron chi connectivity index (χ4n) is 2.17. The zero-order valence-electron chi connectivity index (χ0n) is 15.2. The Labute approximate surface area is 159 Å². The maximum atomic E-state index is 12.4. The molecule has 0 radical (unpaired) electrons. The highest BCUT2D eigenvalue weighted by molar-refractivity contribution is 7.80. The van der Waals surface area contributed by atoms with Crippen molar-refractivity contribution in [3.05, 3.63) is 54.1 Å². The predicted octanol–water partition coefficient (Wildman–Crippen LogP) is 4.25. The topological polar surface area (TPSA) is 59.6 Å². The monoisotopic (exact) mass is 372 g/mol. The highest BCUT2D eigenvalue weighted by Crippen LogP contribution is 2.23. The summed E-state index contributed by atoms with van der Waals surface area (Å²) in [6.07, 6.45) is 0. The van der Waals surface area contributed by atoms with Crippen molar-refractivity contribution < 1.29 is 14.3 Å². The third-order valence-electron chi connectivity index (χ3n) is 3.34. The molecule has 26 heavy (non-hydrogen) atoms. The van der Waals surface area contributed by atoms with Crippen molar-refractivity contribution in [1.82, 2.24) is 5.32 Å². The first-order valence-corrected chi connectivity index (χ1v) is 8.97. The average molecular weight is 372 g/mol. The Balaban J connectivity index is 1.99. The van der Waals surface area contributed by atoms with E-state index in [2.05, 4.69) is 24.5 Å². The van der Waals surface area contributed by atoms with Gasteiger partial charge in [-0.1, -0.05) is 32.0 Å². The molecule has 0 spiro atoms. The van der Waals surface area contributed by atoms with Gasteiger partial charge in [0.2, 0.25) is 0 Å². The van der Waals surface area contributed by atoms with Crippen molar-refractivity contribution in [1.29, 1.82) is 0 Å².